The Labute approximate surface area is 132 Å². The molecule has 0 aromatic heterocycles. The molecule has 1 aromatic rings. The van der Waals surface area contributed by atoms with E-state index in [-0.39, 0.29) is 17.7 Å². The lowest BCUT2D eigenvalue weighted by atomic mass is 10.1. The first-order chi connectivity index (χ1) is 10.5. The third-order valence-electron chi connectivity index (χ3n) is 3.93. The fourth-order valence-electron chi connectivity index (χ4n) is 2.63. The van der Waals surface area contributed by atoms with Gasteiger partial charge in [-0.2, -0.15) is 0 Å². The van der Waals surface area contributed by atoms with E-state index < -0.39 is 0 Å². The maximum absolute atomic E-state index is 12.0. The summed E-state index contributed by atoms with van der Waals surface area (Å²) in [6, 6.07) is 7.84. The van der Waals surface area contributed by atoms with E-state index in [1.807, 2.05) is 49.9 Å². The molecule has 0 aliphatic carbocycles. The fraction of sp³-hybridized carbons (Fsp3) is 0.529. The van der Waals surface area contributed by atoms with Crippen LogP contribution in [-0.2, 0) is 9.59 Å². The van der Waals surface area contributed by atoms with Crippen molar-refractivity contribution in [2.75, 3.05) is 36.4 Å². The van der Waals surface area contributed by atoms with Gasteiger partial charge in [-0.05, 0) is 12.1 Å². The minimum absolute atomic E-state index is 0.0149. The van der Waals surface area contributed by atoms with Crippen molar-refractivity contribution in [2.45, 2.75) is 27.2 Å². The molecule has 1 aliphatic heterocycles. The number of amides is 2. The molecule has 2 rings (SSSR count). The van der Waals surface area contributed by atoms with Gasteiger partial charge in [0.15, 0.2) is 0 Å². The third kappa shape index (κ3) is 3.78. The number of rotatable bonds is 4. The maximum atomic E-state index is 12.0. The van der Waals surface area contributed by atoms with Crippen LogP contribution in [0.4, 0.5) is 11.4 Å². The zero-order valence-electron chi connectivity index (χ0n) is 13.6. The number of carbonyl (C=O) groups excluding carboxylic acids is 2. The van der Waals surface area contributed by atoms with Crippen molar-refractivity contribution in [3.8, 4) is 0 Å². The topological polar surface area (TPSA) is 52.7 Å². The first-order valence-corrected chi connectivity index (χ1v) is 7.95. The first-order valence-electron chi connectivity index (χ1n) is 7.95. The Morgan fingerprint density at radius 2 is 1.77 bits per heavy atom. The van der Waals surface area contributed by atoms with Gasteiger partial charge in [0.2, 0.25) is 11.8 Å². The minimum atomic E-state index is 0.0149. The number of anilines is 2. The summed E-state index contributed by atoms with van der Waals surface area (Å²) in [5, 5.41) is 2.95. The average molecular weight is 303 g/mol. The zero-order valence-corrected chi connectivity index (χ0v) is 13.6. The summed E-state index contributed by atoms with van der Waals surface area (Å²) < 4.78 is 0. The summed E-state index contributed by atoms with van der Waals surface area (Å²) in [5.74, 6) is 0.274. The summed E-state index contributed by atoms with van der Waals surface area (Å²) in [6.07, 6.45) is 0.463. The monoisotopic (exact) mass is 303 g/mol. The predicted molar refractivity (Wildman–Crippen MR) is 89.0 cm³/mol. The zero-order chi connectivity index (χ0) is 16.1. The summed E-state index contributed by atoms with van der Waals surface area (Å²) in [5.41, 5.74) is 1.87. The molecule has 1 N–H and O–H groups in total. The molecule has 0 radical (unpaired) electrons. The lowest BCUT2D eigenvalue weighted by molar-refractivity contribution is -0.134. The number of benzene rings is 1. The second-order valence-electron chi connectivity index (χ2n) is 5.89. The molecule has 1 heterocycles. The molecule has 0 saturated carbocycles. The van der Waals surface area contributed by atoms with Crippen LogP contribution in [0, 0.1) is 5.92 Å². The van der Waals surface area contributed by atoms with Gasteiger partial charge in [0.25, 0.3) is 0 Å². The van der Waals surface area contributed by atoms with Crippen molar-refractivity contribution in [2.24, 2.45) is 5.92 Å². The van der Waals surface area contributed by atoms with Crippen molar-refractivity contribution >= 4 is 23.2 Å². The molecule has 0 bridgehead atoms. The third-order valence-corrected chi connectivity index (χ3v) is 3.93. The van der Waals surface area contributed by atoms with Gasteiger partial charge in [-0.25, -0.2) is 0 Å². The summed E-state index contributed by atoms with van der Waals surface area (Å²) in [4.78, 5) is 27.8. The second-order valence-corrected chi connectivity index (χ2v) is 5.89. The predicted octanol–water partition coefficient (Wildman–Crippen LogP) is 2.34. The highest BCUT2D eigenvalue weighted by Crippen LogP contribution is 2.27. The number of para-hydroxylation sites is 2. The van der Waals surface area contributed by atoms with Crippen LogP contribution >= 0.6 is 0 Å². The van der Waals surface area contributed by atoms with E-state index >= 15 is 0 Å². The lowest BCUT2D eigenvalue weighted by Gasteiger charge is -2.37. The van der Waals surface area contributed by atoms with Crippen molar-refractivity contribution in [1.82, 2.24) is 4.90 Å². The van der Waals surface area contributed by atoms with E-state index in [1.54, 1.807) is 0 Å². The van der Waals surface area contributed by atoms with Crippen LogP contribution < -0.4 is 10.2 Å². The Bertz CT molecular complexity index is 534. The molecule has 1 fully saturated rings. The highest BCUT2D eigenvalue weighted by atomic mass is 16.2. The molecule has 1 aromatic carbocycles. The standard InChI is InChI=1S/C17H25N3O2/c1-4-16(21)18-14-7-5-6-8-15(14)19-9-11-20(12-10-19)17(22)13(2)3/h5-8,13H,4,9-12H2,1-3H3,(H,18,21). The van der Waals surface area contributed by atoms with Gasteiger partial charge < -0.3 is 15.1 Å². The summed E-state index contributed by atoms with van der Waals surface area (Å²) >= 11 is 0. The van der Waals surface area contributed by atoms with E-state index in [4.69, 9.17) is 0 Å². The van der Waals surface area contributed by atoms with Gasteiger partial charge >= 0.3 is 0 Å². The number of nitrogens with one attached hydrogen (secondary N) is 1. The van der Waals surface area contributed by atoms with Crippen LogP contribution in [0.5, 0.6) is 0 Å². The molecule has 0 atom stereocenters. The van der Waals surface area contributed by atoms with Gasteiger partial charge in [-0.15, -0.1) is 0 Å². The number of hydrogen-bond donors (Lipinski definition) is 1. The van der Waals surface area contributed by atoms with Gasteiger partial charge in [-0.3, -0.25) is 9.59 Å². The van der Waals surface area contributed by atoms with Crippen LogP contribution in [-0.4, -0.2) is 42.9 Å². The SMILES string of the molecule is CCC(=O)Nc1ccccc1N1CCN(C(=O)C(C)C)CC1. The molecule has 2 amide bonds. The number of carbonyl (C=O) groups is 2. The largest absolute Gasteiger partial charge is 0.366 e. The molecule has 1 saturated heterocycles. The van der Waals surface area contributed by atoms with E-state index in [0.29, 0.717) is 6.42 Å². The molecule has 5 heteroatoms. The van der Waals surface area contributed by atoms with E-state index in [9.17, 15) is 9.59 Å². The van der Waals surface area contributed by atoms with Crippen molar-refractivity contribution in [3.05, 3.63) is 24.3 Å². The van der Waals surface area contributed by atoms with Crippen molar-refractivity contribution in [1.29, 1.82) is 0 Å². The molecular weight excluding hydrogens is 278 g/mol. The fourth-order valence-corrected chi connectivity index (χ4v) is 2.63. The van der Waals surface area contributed by atoms with Gasteiger partial charge in [-0.1, -0.05) is 32.9 Å². The van der Waals surface area contributed by atoms with E-state index in [0.717, 1.165) is 37.6 Å². The van der Waals surface area contributed by atoms with Crippen LogP contribution in [0.3, 0.4) is 0 Å². The Morgan fingerprint density at radius 3 is 2.36 bits per heavy atom. The van der Waals surface area contributed by atoms with Gasteiger partial charge in [0, 0.05) is 38.5 Å². The van der Waals surface area contributed by atoms with Crippen molar-refractivity contribution < 1.29 is 9.59 Å². The van der Waals surface area contributed by atoms with Crippen LogP contribution in [0.2, 0.25) is 0 Å². The summed E-state index contributed by atoms with van der Waals surface area (Å²) in [7, 11) is 0. The van der Waals surface area contributed by atoms with Gasteiger partial charge in [0.05, 0.1) is 11.4 Å². The van der Waals surface area contributed by atoms with Crippen LogP contribution in [0.25, 0.3) is 0 Å². The molecule has 22 heavy (non-hydrogen) atoms. The first kappa shape index (κ1) is 16.3. The summed E-state index contributed by atoms with van der Waals surface area (Å²) in [6.45, 7) is 8.75. The van der Waals surface area contributed by atoms with E-state index in [1.165, 1.54) is 0 Å². The number of nitrogens with zero attached hydrogens (tertiary/aromatic N) is 2. The molecule has 0 unspecified atom stereocenters. The molecule has 1 aliphatic rings. The Balaban J connectivity index is 2.05. The molecule has 120 valence electrons. The second kappa shape index (κ2) is 7.29. The quantitative estimate of drug-likeness (QED) is 0.929. The highest BCUT2D eigenvalue weighted by molar-refractivity contribution is 5.94. The van der Waals surface area contributed by atoms with Crippen LogP contribution in [0.1, 0.15) is 27.2 Å². The van der Waals surface area contributed by atoms with Crippen molar-refractivity contribution in [3.63, 3.8) is 0 Å². The normalized spacial score (nSPS) is 15.1. The number of piperazine rings is 1. The average Bonchev–Trinajstić information content (AvgIpc) is 2.54. The van der Waals surface area contributed by atoms with Gasteiger partial charge in [0.1, 0.15) is 0 Å². The van der Waals surface area contributed by atoms with E-state index in [2.05, 4.69) is 10.2 Å². The Kier molecular flexibility index (Phi) is 5.41. The minimum Gasteiger partial charge on any atom is -0.366 e. The molecule has 0 spiro atoms. The molecule has 5 nitrogen and oxygen atoms in total. The molecular formula is C17H25N3O2. The maximum Gasteiger partial charge on any atom is 0.225 e. The smallest absolute Gasteiger partial charge is 0.225 e. The lowest BCUT2D eigenvalue weighted by Crippen LogP contribution is -2.50. The highest BCUT2D eigenvalue weighted by Gasteiger charge is 2.24. The van der Waals surface area contributed by atoms with Crippen LogP contribution in [0.15, 0.2) is 24.3 Å². The number of hydrogen-bond acceptors (Lipinski definition) is 3. The Morgan fingerprint density at radius 1 is 1.14 bits per heavy atom. The Hall–Kier alpha value is -2.04.